The van der Waals surface area contributed by atoms with Crippen LogP contribution in [0.1, 0.15) is 12.2 Å². The maximum atomic E-state index is 12.5. The van der Waals surface area contributed by atoms with Gasteiger partial charge in [0.2, 0.25) is 5.58 Å². The molecule has 0 atom stereocenters. The minimum Gasteiger partial charge on any atom is -0.449 e. The van der Waals surface area contributed by atoms with Crippen molar-refractivity contribution in [2.45, 2.75) is 13.0 Å². The number of rotatable bonds is 7. The topological polar surface area (TPSA) is 98.4 Å². The number of H-pyrrole nitrogens is 1. The number of para-hydroxylation sites is 1. The molecule has 0 amide bonds. The summed E-state index contributed by atoms with van der Waals surface area (Å²) in [6.45, 7) is 6.19. The molecule has 1 aliphatic heterocycles. The van der Waals surface area contributed by atoms with Crippen LogP contribution in [0.25, 0.3) is 22.1 Å². The van der Waals surface area contributed by atoms with Gasteiger partial charge in [0.25, 0.3) is 5.56 Å². The van der Waals surface area contributed by atoms with Gasteiger partial charge in [-0.1, -0.05) is 12.1 Å². The number of morpholine rings is 1. The summed E-state index contributed by atoms with van der Waals surface area (Å²) in [6, 6.07) is 9.71. The van der Waals surface area contributed by atoms with Crippen molar-refractivity contribution in [3.63, 3.8) is 0 Å². The maximum absolute atomic E-state index is 12.5. The van der Waals surface area contributed by atoms with E-state index in [1.165, 1.54) is 0 Å². The highest BCUT2D eigenvalue weighted by Gasteiger charge is 2.16. The second-order valence-electron chi connectivity index (χ2n) is 6.93. The summed E-state index contributed by atoms with van der Waals surface area (Å²) in [7, 11) is 0. The van der Waals surface area contributed by atoms with Crippen molar-refractivity contribution < 1.29 is 9.15 Å². The third kappa shape index (κ3) is 4.07. The van der Waals surface area contributed by atoms with E-state index in [1.807, 2.05) is 24.3 Å². The zero-order valence-electron chi connectivity index (χ0n) is 15.7. The second kappa shape index (κ2) is 8.52. The molecule has 1 saturated heterocycles. The zero-order chi connectivity index (χ0) is 19.3. The predicted octanol–water partition coefficient (Wildman–Crippen LogP) is 1.72. The summed E-state index contributed by atoms with van der Waals surface area (Å²) in [5.74, 6) is 0.587. The Bertz CT molecular complexity index is 1050. The van der Waals surface area contributed by atoms with Crippen LogP contribution in [0.3, 0.4) is 0 Å². The number of fused-ring (bicyclic) bond motifs is 3. The molecule has 2 aromatic heterocycles. The molecule has 0 unspecified atom stereocenters. The summed E-state index contributed by atoms with van der Waals surface area (Å²) in [4.78, 5) is 24.5. The number of aromatic amines is 1. The molecular formula is C20H23N5O3. The lowest BCUT2D eigenvalue weighted by atomic mass is 10.2. The van der Waals surface area contributed by atoms with Crippen LogP contribution in [0, 0.1) is 11.3 Å². The highest BCUT2D eigenvalue weighted by Crippen LogP contribution is 2.24. The van der Waals surface area contributed by atoms with Crippen molar-refractivity contribution in [2.75, 3.05) is 45.9 Å². The number of aromatic nitrogens is 2. The first-order chi connectivity index (χ1) is 13.7. The molecule has 8 nitrogen and oxygen atoms in total. The number of hydrogen-bond donors (Lipinski definition) is 1. The minimum atomic E-state index is -0.274. The van der Waals surface area contributed by atoms with Gasteiger partial charge in [0.1, 0.15) is 16.9 Å². The van der Waals surface area contributed by atoms with Crippen molar-refractivity contribution in [3.05, 3.63) is 40.4 Å². The van der Waals surface area contributed by atoms with Crippen molar-refractivity contribution in [1.82, 2.24) is 19.8 Å². The van der Waals surface area contributed by atoms with E-state index in [0.717, 1.165) is 44.8 Å². The Morgan fingerprint density at radius 3 is 2.89 bits per heavy atom. The molecule has 0 radical (unpaired) electrons. The van der Waals surface area contributed by atoms with Gasteiger partial charge in [0.15, 0.2) is 0 Å². The first kappa shape index (κ1) is 18.6. The molecule has 0 bridgehead atoms. The van der Waals surface area contributed by atoms with Crippen LogP contribution in [0.5, 0.6) is 0 Å². The van der Waals surface area contributed by atoms with E-state index in [0.29, 0.717) is 36.4 Å². The van der Waals surface area contributed by atoms with Crippen molar-refractivity contribution in [2.24, 2.45) is 0 Å². The monoisotopic (exact) mass is 381 g/mol. The van der Waals surface area contributed by atoms with E-state index < -0.39 is 0 Å². The van der Waals surface area contributed by atoms with Crippen LogP contribution in [-0.4, -0.2) is 65.7 Å². The van der Waals surface area contributed by atoms with Crippen molar-refractivity contribution in [1.29, 1.82) is 5.26 Å². The summed E-state index contributed by atoms with van der Waals surface area (Å²) in [6.07, 6.45) is 0.435. The van der Waals surface area contributed by atoms with E-state index in [2.05, 4.69) is 25.8 Å². The molecule has 1 aliphatic rings. The third-order valence-electron chi connectivity index (χ3n) is 5.03. The smallest absolute Gasteiger partial charge is 0.294 e. The molecule has 8 heteroatoms. The fourth-order valence-corrected chi connectivity index (χ4v) is 3.52. The van der Waals surface area contributed by atoms with Crippen LogP contribution in [0.4, 0.5) is 0 Å². The first-order valence-corrected chi connectivity index (χ1v) is 9.54. The van der Waals surface area contributed by atoms with E-state index >= 15 is 0 Å². The van der Waals surface area contributed by atoms with E-state index in [4.69, 9.17) is 14.4 Å². The van der Waals surface area contributed by atoms with Gasteiger partial charge in [-0.15, -0.1) is 0 Å². The van der Waals surface area contributed by atoms with Gasteiger partial charge in [-0.2, -0.15) is 5.26 Å². The molecule has 1 aromatic carbocycles. The van der Waals surface area contributed by atoms with Gasteiger partial charge in [0, 0.05) is 44.5 Å². The van der Waals surface area contributed by atoms with E-state index in [-0.39, 0.29) is 11.1 Å². The van der Waals surface area contributed by atoms with Crippen molar-refractivity contribution >= 4 is 22.1 Å². The molecule has 4 rings (SSSR count). The number of nitrogens with zero attached hydrogens (tertiary/aromatic N) is 4. The van der Waals surface area contributed by atoms with Crippen LogP contribution < -0.4 is 5.56 Å². The highest BCUT2D eigenvalue weighted by molar-refractivity contribution is 6.01. The average molecular weight is 381 g/mol. The summed E-state index contributed by atoms with van der Waals surface area (Å²) in [5, 5.41) is 9.82. The lowest BCUT2D eigenvalue weighted by Crippen LogP contribution is -2.41. The summed E-state index contributed by atoms with van der Waals surface area (Å²) >= 11 is 0. The number of nitrogens with one attached hydrogen (secondary N) is 1. The molecule has 3 aromatic rings. The summed E-state index contributed by atoms with van der Waals surface area (Å²) < 4.78 is 11.0. The van der Waals surface area contributed by atoms with Crippen LogP contribution >= 0.6 is 0 Å². The Labute approximate surface area is 162 Å². The lowest BCUT2D eigenvalue weighted by Gasteiger charge is -2.29. The third-order valence-corrected chi connectivity index (χ3v) is 5.03. The highest BCUT2D eigenvalue weighted by atomic mass is 16.5. The molecule has 0 saturated carbocycles. The number of hydrogen-bond acceptors (Lipinski definition) is 7. The molecule has 28 heavy (non-hydrogen) atoms. The molecule has 3 heterocycles. The predicted molar refractivity (Wildman–Crippen MR) is 105 cm³/mol. The second-order valence-corrected chi connectivity index (χ2v) is 6.93. The molecule has 0 aliphatic carbocycles. The van der Waals surface area contributed by atoms with Crippen LogP contribution in [0.15, 0.2) is 33.5 Å². The Hall–Kier alpha value is -2.73. The number of ether oxygens (including phenoxy) is 1. The Morgan fingerprint density at radius 2 is 2.07 bits per heavy atom. The number of benzene rings is 1. The molecule has 146 valence electrons. The Balaban J connectivity index is 1.54. The van der Waals surface area contributed by atoms with Gasteiger partial charge >= 0.3 is 0 Å². The summed E-state index contributed by atoms with van der Waals surface area (Å²) in [5.41, 5.74) is 1.22. The lowest BCUT2D eigenvalue weighted by molar-refractivity contribution is 0.0329. The average Bonchev–Trinajstić information content (AvgIpc) is 3.10. The Morgan fingerprint density at radius 1 is 1.25 bits per heavy atom. The number of nitriles is 1. The molecule has 1 fully saturated rings. The standard InChI is InChI=1S/C20H23N5O3/c21-6-3-7-25(9-8-24-10-12-27-13-11-24)14-17-22-18-15-4-1-2-5-16(15)28-19(18)20(26)23-17/h1-2,4-5H,3,7-14H2,(H,22,23,26). The molecular weight excluding hydrogens is 358 g/mol. The first-order valence-electron chi connectivity index (χ1n) is 9.54. The van der Waals surface area contributed by atoms with Crippen LogP contribution in [0.2, 0.25) is 0 Å². The minimum absolute atomic E-state index is 0.252. The zero-order valence-corrected chi connectivity index (χ0v) is 15.7. The van der Waals surface area contributed by atoms with E-state index in [9.17, 15) is 4.79 Å². The number of furan rings is 1. The largest absolute Gasteiger partial charge is 0.449 e. The quantitative estimate of drug-likeness (QED) is 0.665. The van der Waals surface area contributed by atoms with E-state index in [1.54, 1.807) is 0 Å². The van der Waals surface area contributed by atoms with Crippen LogP contribution in [-0.2, 0) is 11.3 Å². The van der Waals surface area contributed by atoms with Gasteiger partial charge in [-0.05, 0) is 12.1 Å². The normalized spacial score (nSPS) is 15.4. The van der Waals surface area contributed by atoms with Gasteiger partial charge in [0.05, 0.1) is 25.8 Å². The van der Waals surface area contributed by atoms with Gasteiger partial charge in [-0.3, -0.25) is 14.6 Å². The molecule has 1 N–H and O–H groups in total. The fraction of sp³-hybridized carbons (Fsp3) is 0.450. The van der Waals surface area contributed by atoms with Gasteiger partial charge < -0.3 is 14.1 Å². The van der Waals surface area contributed by atoms with Gasteiger partial charge in [-0.25, -0.2) is 4.98 Å². The maximum Gasteiger partial charge on any atom is 0.294 e. The molecule has 0 spiro atoms. The Kier molecular flexibility index (Phi) is 5.67. The SMILES string of the molecule is N#CCCN(CCN1CCOCC1)Cc1nc2c(oc3ccccc32)c(=O)[nH]1. The van der Waals surface area contributed by atoms with Crippen molar-refractivity contribution in [3.8, 4) is 6.07 Å². The fourth-order valence-electron chi connectivity index (χ4n) is 3.52.